The number of nitrogens with zero attached hydrogens (tertiary/aromatic N) is 2. The lowest BCUT2D eigenvalue weighted by molar-refractivity contribution is -0.383. The second kappa shape index (κ2) is 8.93. The topological polar surface area (TPSA) is 124 Å². The van der Waals surface area contributed by atoms with Crippen molar-refractivity contribution < 1.29 is 38.2 Å². The number of aliphatic carboxylic acids is 1. The van der Waals surface area contributed by atoms with E-state index in [9.17, 15) is 33.9 Å². The predicted octanol–water partition coefficient (Wildman–Crippen LogP) is 4.71. The number of aromatic nitrogens is 1. The summed E-state index contributed by atoms with van der Waals surface area (Å²) in [5.74, 6) is -1.52. The molecule has 9 nitrogen and oxygen atoms in total. The maximum Gasteiger partial charge on any atom is 0.387 e. The van der Waals surface area contributed by atoms with Crippen molar-refractivity contribution in [2.75, 3.05) is 6.61 Å². The van der Waals surface area contributed by atoms with Crippen LogP contribution in [-0.4, -0.2) is 38.9 Å². The van der Waals surface area contributed by atoms with Crippen molar-refractivity contribution in [1.29, 1.82) is 0 Å². The number of aromatic hydroxyl groups is 1. The molecule has 2 N–H and O–H groups in total. The normalized spacial score (nSPS) is 14.4. The van der Waals surface area contributed by atoms with Crippen molar-refractivity contribution in [1.82, 2.24) is 4.57 Å². The summed E-state index contributed by atoms with van der Waals surface area (Å²) in [4.78, 5) is 22.4. The molecule has 33 heavy (non-hydrogen) atoms. The SMILES string of the molecule is O=C(O)CC(c1ccc(OC(F)F)c(OCC2CC2)c1)n1cc2cccc([N+](=O)[O-])c2c1O. The molecule has 0 bridgehead atoms. The summed E-state index contributed by atoms with van der Waals surface area (Å²) in [5.41, 5.74) is 0.00929. The Morgan fingerprint density at radius 3 is 2.64 bits per heavy atom. The van der Waals surface area contributed by atoms with Crippen LogP contribution in [0.3, 0.4) is 0 Å². The minimum absolute atomic E-state index is 0.0253. The number of carbonyl (C=O) groups is 1. The number of non-ortho nitro benzene ring substituents is 1. The Hall–Kier alpha value is -3.89. The first-order valence-electron chi connectivity index (χ1n) is 10.1. The van der Waals surface area contributed by atoms with E-state index in [0.717, 1.165) is 12.8 Å². The van der Waals surface area contributed by atoms with Gasteiger partial charge in [0.2, 0.25) is 5.88 Å². The van der Waals surface area contributed by atoms with Crippen LogP contribution in [0.5, 0.6) is 17.4 Å². The summed E-state index contributed by atoms with van der Waals surface area (Å²) in [6.07, 6.45) is 2.86. The molecule has 0 spiro atoms. The molecule has 4 rings (SSSR count). The van der Waals surface area contributed by atoms with Crippen molar-refractivity contribution >= 4 is 22.4 Å². The van der Waals surface area contributed by atoms with E-state index in [1.165, 1.54) is 41.1 Å². The Morgan fingerprint density at radius 2 is 2.00 bits per heavy atom. The van der Waals surface area contributed by atoms with E-state index >= 15 is 0 Å². The van der Waals surface area contributed by atoms with Crippen molar-refractivity contribution in [3.05, 3.63) is 58.3 Å². The number of hydrogen-bond donors (Lipinski definition) is 2. The van der Waals surface area contributed by atoms with Gasteiger partial charge in [0, 0.05) is 17.6 Å². The minimum atomic E-state index is -3.08. The number of carboxylic acids is 1. The summed E-state index contributed by atoms with van der Waals surface area (Å²) in [7, 11) is 0. The number of carboxylic acid groups (broad SMARTS) is 1. The average molecular weight is 462 g/mol. The molecule has 174 valence electrons. The van der Waals surface area contributed by atoms with Gasteiger partial charge in [-0.05, 0) is 36.5 Å². The van der Waals surface area contributed by atoms with Gasteiger partial charge in [-0.1, -0.05) is 18.2 Å². The Kier molecular flexibility index (Phi) is 6.03. The molecule has 1 aromatic heterocycles. The molecule has 11 heteroatoms. The minimum Gasteiger partial charge on any atom is -0.494 e. The van der Waals surface area contributed by atoms with E-state index in [1.54, 1.807) is 6.07 Å². The standard InChI is InChI=1S/C22H20F2N2O7/c23-22(24)33-17-7-6-13(8-18(17)32-11-12-4-5-12)16(9-19(27)28)25-10-14-2-1-3-15(26(30)31)20(14)21(25)29/h1-3,6-8,10,12,16,22,29H,4-5,9,11H2,(H,27,28). The molecule has 0 amide bonds. The number of alkyl halides is 2. The predicted molar refractivity (Wildman–Crippen MR) is 112 cm³/mol. The third-order valence-electron chi connectivity index (χ3n) is 5.46. The van der Waals surface area contributed by atoms with E-state index in [-0.39, 0.29) is 22.6 Å². The number of nitro groups is 1. The van der Waals surface area contributed by atoms with Crippen LogP contribution in [0.4, 0.5) is 14.5 Å². The van der Waals surface area contributed by atoms with Crippen molar-refractivity contribution in [3.63, 3.8) is 0 Å². The summed E-state index contributed by atoms with van der Waals surface area (Å²) in [5, 5.41) is 32.0. The highest BCUT2D eigenvalue weighted by molar-refractivity contribution is 5.95. The van der Waals surface area contributed by atoms with Gasteiger partial charge in [-0.25, -0.2) is 0 Å². The summed E-state index contributed by atoms with van der Waals surface area (Å²) in [6, 6.07) is 7.29. The molecule has 2 aromatic carbocycles. The Balaban J connectivity index is 1.80. The molecule has 1 fully saturated rings. The molecule has 0 radical (unpaired) electrons. The van der Waals surface area contributed by atoms with Crippen molar-refractivity contribution in [2.45, 2.75) is 31.9 Å². The van der Waals surface area contributed by atoms with Crippen molar-refractivity contribution in [3.8, 4) is 17.4 Å². The number of rotatable bonds is 10. The lowest BCUT2D eigenvalue weighted by Crippen LogP contribution is -2.15. The quantitative estimate of drug-likeness (QED) is 0.330. The number of hydrogen-bond acceptors (Lipinski definition) is 6. The molecule has 1 unspecified atom stereocenters. The van der Waals surface area contributed by atoms with Crippen LogP contribution in [0, 0.1) is 16.0 Å². The molecular formula is C22H20F2N2O7. The summed E-state index contributed by atoms with van der Waals surface area (Å²) in [6.45, 7) is -2.77. The van der Waals surface area contributed by atoms with Gasteiger partial charge < -0.3 is 24.3 Å². The average Bonchev–Trinajstić information content (AvgIpc) is 3.53. The molecule has 1 aliphatic rings. The second-order valence-electron chi connectivity index (χ2n) is 7.81. The highest BCUT2D eigenvalue weighted by Gasteiger charge is 2.28. The maximum atomic E-state index is 12.8. The molecule has 3 aromatic rings. The second-order valence-corrected chi connectivity index (χ2v) is 7.81. The fraction of sp³-hybridized carbons (Fsp3) is 0.318. The lowest BCUT2D eigenvalue weighted by Gasteiger charge is -2.21. The van der Waals surface area contributed by atoms with Crippen molar-refractivity contribution in [2.24, 2.45) is 5.92 Å². The Labute approximate surface area is 185 Å². The van der Waals surface area contributed by atoms with Crippen LogP contribution in [0.15, 0.2) is 42.6 Å². The fourth-order valence-corrected chi connectivity index (χ4v) is 3.71. The zero-order chi connectivity index (χ0) is 23.7. The molecule has 1 heterocycles. The number of ether oxygens (including phenoxy) is 2. The molecular weight excluding hydrogens is 442 g/mol. The first-order chi connectivity index (χ1) is 15.7. The van der Waals surface area contributed by atoms with Crippen LogP contribution in [0.25, 0.3) is 10.8 Å². The van der Waals surface area contributed by atoms with Gasteiger partial charge >= 0.3 is 12.6 Å². The zero-order valence-corrected chi connectivity index (χ0v) is 17.2. The molecule has 0 aliphatic heterocycles. The van der Waals surface area contributed by atoms with E-state index in [1.807, 2.05) is 0 Å². The number of fused-ring (bicyclic) bond motifs is 1. The highest BCUT2D eigenvalue weighted by atomic mass is 19.3. The molecule has 0 saturated heterocycles. The van der Waals surface area contributed by atoms with E-state index in [2.05, 4.69) is 4.74 Å². The van der Waals surface area contributed by atoms with Crippen LogP contribution in [-0.2, 0) is 4.79 Å². The van der Waals surface area contributed by atoms with E-state index < -0.39 is 35.8 Å². The monoisotopic (exact) mass is 462 g/mol. The molecule has 1 atom stereocenters. The number of nitro benzene ring substituents is 1. The fourth-order valence-electron chi connectivity index (χ4n) is 3.71. The number of benzene rings is 2. The summed E-state index contributed by atoms with van der Waals surface area (Å²) < 4.78 is 37.1. The smallest absolute Gasteiger partial charge is 0.387 e. The number of halogens is 2. The van der Waals surface area contributed by atoms with Gasteiger partial charge in [-0.15, -0.1) is 0 Å². The van der Waals surface area contributed by atoms with Gasteiger partial charge in [0.1, 0.15) is 5.39 Å². The largest absolute Gasteiger partial charge is 0.494 e. The van der Waals surface area contributed by atoms with Crippen LogP contribution >= 0.6 is 0 Å². The van der Waals surface area contributed by atoms with Gasteiger partial charge in [-0.3, -0.25) is 14.9 Å². The summed E-state index contributed by atoms with van der Waals surface area (Å²) >= 11 is 0. The van der Waals surface area contributed by atoms with Gasteiger partial charge in [-0.2, -0.15) is 8.78 Å². The maximum absolute atomic E-state index is 12.8. The zero-order valence-electron chi connectivity index (χ0n) is 17.2. The first-order valence-corrected chi connectivity index (χ1v) is 10.1. The van der Waals surface area contributed by atoms with Gasteiger partial charge in [0.05, 0.1) is 24.0 Å². The highest BCUT2D eigenvalue weighted by Crippen LogP contribution is 2.41. The third kappa shape index (κ3) is 4.81. The van der Waals surface area contributed by atoms with Crippen LogP contribution < -0.4 is 9.47 Å². The van der Waals surface area contributed by atoms with Crippen LogP contribution in [0.2, 0.25) is 0 Å². The molecule has 1 aliphatic carbocycles. The Morgan fingerprint density at radius 1 is 1.24 bits per heavy atom. The molecule has 1 saturated carbocycles. The van der Waals surface area contributed by atoms with E-state index in [0.29, 0.717) is 23.5 Å². The lowest BCUT2D eigenvalue weighted by atomic mass is 10.0. The van der Waals surface area contributed by atoms with E-state index in [4.69, 9.17) is 4.74 Å². The third-order valence-corrected chi connectivity index (χ3v) is 5.46. The first kappa shape index (κ1) is 22.3. The van der Waals surface area contributed by atoms with Gasteiger partial charge in [0.25, 0.3) is 5.69 Å². The Bertz CT molecular complexity index is 1210. The van der Waals surface area contributed by atoms with Crippen LogP contribution in [0.1, 0.15) is 30.9 Å². The van der Waals surface area contributed by atoms with Gasteiger partial charge in [0.15, 0.2) is 11.5 Å².